The number of aromatic nitrogens is 1. The summed E-state index contributed by atoms with van der Waals surface area (Å²) in [6.45, 7) is 14.6. The van der Waals surface area contributed by atoms with Gasteiger partial charge in [-0.1, -0.05) is 20.8 Å². The molecule has 0 N–H and O–H groups in total. The summed E-state index contributed by atoms with van der Waals surface area (Å²) in [6, 6.07) is 2.17. The molecule has 118 valence electrons. The van der Waals surface area contributed by atoms with E-state index in [2.05, 4.69) is 51.8 Å². The Kier molecular flexibility index (Phi) is 5.97. The van der Waals surface area contributed by atoms with E-state index >= 15 is 0 Å². The minimum atomic E-state index is -1.74. The third kappa shape index (κ3) is 4.80. The minimum absolute atomic E-state index is 0.212. The van der Waals surface area contributed by atoms with E-state index in [0.717, 1.165) is 10.8 Å². The second-order valence-electron chi connectivity index (χ2n) is 6.88. The number of aryl methyl sites for hydroxylation is 1. The molecule has 0 atom stereocenters. The molecule has 4 nitrogen and oxygen atoms in total. The van der Waals surface area contributed by atoms with E-state index in [9.17, 15) is 0 Å². The van der Waals surface area contributed by atoms with Gasteiger partial charge in [-0.05, 0) is 25.1 Å². The smallest absolute Gasteiger partial charge is 0.192 e. The first-order valence-electron chi connectivity index (χ1n) is 7.27. The van der Waals surface area contributed by atoms with Crippen molar-refractivity contribution in [3.05, 3.63) is 10.6 Å². The van der Waals surface area contributed by atoms with Gasteiger partial charge in [0.05, 0.1) is 24.8 Å². The van der Waals surface area contributed by atoms with Crippen molar-refractivity contribution in [1.82, 2.24) is 4.98 Å². The van der Waals surface area contributed by atoms with Crippen LogP contribution < -0.4 is 4.90 Å². The fourth-order valence-corrected chi connectivity index (χ4v) is 3.32. The summed E-state index contributed by atoms with van der Waals surface area (Å²) in [6.07, 6.45) is 0.519. The third-order valence-corrected chi connectivity index (χ3v) is 9.75. The average molecular weight is 326 g/mol. The van der Waals surface area contributed by atoms with Crippen LogP contribution >= 0.6 is 11.3 Å². The van der Waals surface area contributed by atoms with Crippen LogP contribution in [0.5, 0.6) is 0 Å². The fourth-order valence-electron chi connectivity index (χ4n) is 1.49. The zero-order valence-corrected chi connectivity index (χ0v) is 16.1. The van der Waals surface area contributed by atoms with Crippen LogP contribution in [0.15, 0.2) is 0 Å². The number of rotatable bonds is 6. The topological polar surface area (TPSA) is 49.2 Å². The molecule has 0 aromatic carbocycles. The maximum Gasteiger partial charge on any atom is 0.192 e. The van der Waals surface area contributed by atoms with Crippen molar-refractivity contribution in [1.29, 1.82) is 5.26 Å². The molecule has 0 amide bonds. The maximum absolute atomic E-state index is 8.66. The van der Waals surface area contributed by atoms with Gasteiger partial charge in [-0.2, -0.15) is 5.26 Å². The molecule has 1 aromatic heterocycles. The van der Waals surface area contributed by atoms with Gasteiger partial charge in [0.25, 0.3) is 0 Å². The van der Waals surface area contributed by atoms with Crippen LogP contribution in [0.1, 0.15) is 37.8 Å². The number of anilines is 1. The van der Waals surface area contributed by atoms with Crippen LogP contribution in [0.4, 0.5) is 5.13 Å². The number of hydrogen-bond donors (Lipinski definition) is 0. The molecule has 1 rings (SSSR count). The Morgan fingerprint density at radius 1 is 1.38 bits per heavy atom. The number of nitrogens with zero attached hydrogens (tertiary/aromatic N) is 3. The number of thiazole rings is 1. The van der Waals surface area contributed by atoms with E-state index in [-0.39, 0.29) is 5.04 Å². The van der Waals surface area contributed by atoms with Gasteiger partial charge in [-0.15, -0.1) is 11.3 Å². The Balaban J connectivity index is 2.74. The van der Waals surface area contributed by atoms with Crippen LogP contribution in [0.25, 0.3) is 0 Å². The maximum atomic E-state index is 8.66. The van der Waals surface area contributed by atoms with Gasteiger partial charge in [0.1, 0.15) is 0 Å². The molecule has 0 saturated heterocycles. The molecule has 0 bridgehead atoms. The molecule has 1 aromatic rings. The van der Waals surface area contributed by atoms with Crippen molar-refractivity contribution in [3.8, 4) is 6.07 Å². The summed E-state index contributed by atoms with van der Waals surface area (Å²) in [5.74, 6) is 0. The van der Waals surface area contributed by atoms with Crippen molar-refractivity contribution in [2.24, 2.45) is 0 Å². The zero-order chi connectivity index (χ0) is 16.3. The van der Waals surface area contributed by atoms with Crippen molar-refractivity contribution in [3.63, 3.8) is 0 Å². The van der Waals surface area contributed by atoms with E-state index in [1.54, 1.807) is 11.3 Å². The standard InChI is InChI=1S/C15H27N3OSSi/c1-12-13(11-19-21(6,7)15(2,3)4)17-14(20-12)18(5)10-8-9-16/h8,10-11H2,1-7H3. The zero-order valence-electron chi connectivity index (χ0n) is 14.3. The van der Waals surface area contributed by atoms with Crippen LogP contribution in [0.2, 0.25) is 18.1 Å². The Labute approximate surface area is 133 Å². The highest BCUT2D eigenvalue weighted by molar-refractivity contribution is 7.15. The Bertz CT molecular complexity index is 514. The van der Waals surface area contributed by atoms with Crippen molar-refractivity contribution < 1.29 is 4.43 Å². The molecule has 1 heterocycles. The highest BCUT2D eigenvalue weighted by atomic mass is 32.1. The normalized spacial score (nSPS) is 12.3. The number of hydrogen-bond acceptors (Lipinski definition) is 5. The van der Waals surface area contributed by atoms with E-state index < -0.39 is 8.32 Å². The van der Waals surface area contributed by atoms with E-state index in [0.29, 0.717) is 19.6 Å². The van der Waals surface area contributed by atoms with Gasteiger partial charge in [-0.3, -0.25) is 0 Å². The van der Waals surface area contributed by atoms with Gasteiger partial charge >= 0.3 is 0 Å². The van der Waals surface area contributed by atoms with Crippen molar-refractivity contribution >= 4 is 24.8 Å². The second-order valence-corrected chi connectivity index (χ2v) is 12.9. The molecule has 0 unspecified atom stereocenters. The van der Waals surface area contributed by atoms with Gasteiger partial charge in [-0.25, -0.2) is 4.98 Å². The molecule has 0 saturated carbocycles. The molecular formula is C15H27N3OSSi. The van der Waals surface area contributed by atoms with E-state index in [1.807, 2.05) is 11.9 Å². The monoisotopic (exact) mass is 325 g/mol. The molecule has 21 heavy (non-hydrogen) atoms. The van der Waals surface area contributed by atoms with Crippen LogP contribution in [-0.2, 0) is 11.0 Å². The predicted molar refractivity (Wildman–Crippen MR) is 92.3 cm³/mol. The van der Waals surface area contributed by atoms with Crippen LogP contribution in [0.3, 0.4) is 0 Å². The van der Waals surface area contributed by atoms with E-state index in [4.69, 9.17) is 9.69 Å². The predicted octanol–water partition coefficient (Wildman–Crippen LogP) is 4.32. The van der Waals surface area contributed by atoms with Gasteiger partial charge in [0, 0.05) is 18.5 Å². The summed E-state index contributed by atoms with van der Waals surface area (Å²) in [7, 11) is 0.239. The lowest BCUT2D eigenvalue weighted by Gasteiger charge is -2.36. The lowest BCUT2D eigenvalue weighted by atomic mass is 10.2. The Morgan fingerprint density at radius 3 is 2.52 bits per heavy atom. The summed E-state index contributed by atoms with van der Waals surface area (Å²) >= 11 is 1.67. The SMILES string of the molecule is Cc1sc(N(C)CCC#N)nc1CO[Si](C)(C)C(C)(C)C. The van der Waals surface area contributed by atoms with Crippen molar-refractivity contribution in [2.45, 2.75) is 58.9 Å². The van der Waals surface area contributed by atoms with Crippen LogP contribution in [0, 0.1) is 18.3 Å². The molecule has 0 fully saturated rings. The first-order chi connectivity index (χ1) is 9.58. The summed E-state index contributed by atoms with van der Waals surface area (Å²) in [5, 5.41) is 9.84. The minimum Gasteiger partial charge on any atom is -0.411 e. The molecule has 0 aliphatic heterocycles. The molecule has 0 aliphatic rings. The van der Waals surface area contributed by atoms with Crippen molar-refractivity contribution in [2.75, 3.05) is 18.5 Å². The highest BCUT2D eigenvalue weighted by Crippen LogP contribution is 2.37. The quantitative estimate of drug-likeness (QED) is 0.731. The summed E-state index contributed by atoms with van der Waals surface area (Å²) < 4.78 is 6.25. The summed E-state index contributed by atoms with van der Waals surface area (Å²) in [4.78, 5) is 7.92. The lowest BCUT2D eigenvalue weighted by Crippen LogP contribution is -2.40. The van der Waals surface area contributed by atoms with Gasteiger partial charge < -0.3 is 9.33 Å². The molecule has 0 aliphatic carbocycles. The highest BCUT2D eigenvalue weighted by Gasteiger charge is 2.37. The fraction of sp³-hybridized carbons (Fsp3) is 0.733. The lowest BCUT2D eigenvalue weighted by molar-refractivity contribution is 0.272. The van der Waals surface area contributed by atoms with Gasteiger partial charge in [0.15, 0.2) is 13.4 Å². The average Bonchev–Trinajstić information content (AvgIpc) is 2.74. The first-order valence-corrected chi connectivity index (χ1v) is 11.0. The summed E-state index contributed by atoms with van der Waals surface area (Å²) in [5.41, 5.74) is 1.03. The molecule has 0 spiro atoms. The second kappa shape index (κ2) is 6.90. The third-order valence-electron chi connectivity index (χ3n) is 4.14. The Hall–Kier alpha value is -0.903. The number of nitriles is 1. The Morgan fingerprint density at radius 2 is 2.00 bits per heavy atom. The largest absolute Gasteiger partial charge is 0.411 e. The molecule has 6 heteroatoms. The van der Waals surface area contributed by atoms with Crippen LogP contribution in [-0.4, -0.2) is 26.9 Å². The first kappa shape index (κ1) is 18.1. The van der Waals surface area contributed by atoms with Gasteiger partial charge in [0.2, 0.25) is 0 Å². The molecule has 0 radical (unpaired) electrons. The van der Waals surface area contributed by atoms with E-state index in [1.165, 1.54) is 4.88 Å². The molecular weight excluding hydrogens is 298 g/mol.